The number of ketones is 1. The van der Waals surface area contributed by atoms with Crippen molar-refractivity contribution in [1.82, 2.24) is 4.90 Å². The molecular formula is C28H25ClFNO4. The maximum absolute atomic E-state index is 13.3. The molecule has 0 aliphatic carbocycles. The number of amides is 1. The van der Waals surface area contributed by atoms with Crippen molar-refractivity contribution in [2.24, 2.45) is 0 Å². The van der Waals surface area contributed by atoms with Crippen molar-refractivity contribution in [2.45, 2.75) is 32.4 Å². The molecule has 0 saturated carbocycles. The Balaban J connectivity index is 1.72. The predicted molar refractivity (Wildman–Crippen MR) is 133 cm³/mol. The van der Waals surface area contributed by atoms with E-state index in [-0.39, 0.29) is 29.8 Å². The highest BCUT2D eigenvalue weighted by Crippen LogP contribution is 2.40. The zero-order valence-corrected chi connectivity index (χ0v) is 20.1. The van der Waals surface area contributed by atoms with Gasteiger partial charge in [0.1, 0.15) is 17.3 Å². The standard InChI is InChI=1S/C28H25ClFNO4/c1-17(2)35-23-13-7-20(8-14-23)26(32)24-25(19-5-9-21(29)10-6-19)31(28(34)27(24)33)16-15-18-3-11-22(30)12-4-18/h3-14,17,25,32H,15-16H2,1-2H3/b26-24-. The van der Waals surface area contributed by atoms with E-state index < -0.39 is 17.7 Å². The van der Waals surface area contributed by atoms with Crippen LogP contribution in [0, 0.1) is 5.82 Å². The first kappa shape index (κ1) is 24.5. The predicted octanol–water partition coefficient (Wildman–Crippen LogP) is 5.93. The molecule has 180 valence electrons. The van der Waals surface area contributed by atoms with Gasteiger partial charge in [-0.3, -0.25) is 9.59 Å². The molecular weight excluding hydrogens is 469 g/mol. The number of aliphatic hydroxyl groups excluding tert-OH is 1. The van der Waals surface area contributed by atoms with E-state index in [1.54, 1.807) is 60.7 Å². The fraction of sp³-hybridized carbons (Fsp3) is 0.214. The molecule has 35 heavy (non-hydrogen) atoms. The van der Waals surface area contributed by atoms with Crippen LogP contribution in [0.2, 0.25) is 5.02 Å². The van der Waals surface area contributed by atoms with Gasteiger partial charge in [-0.25, -0.2) is 4.39 Å². The number of hydrogen-bond donors (Lipinski definition) is 1. The van der Waals surface area contributed by atoms with Crippen LogP contribution in [0.3, 0.4) is 0 Å². The number of hydrogen-bond acceptors (Lipinski definition) is 4. The van der Waals surface area contributed by atoms with Crippen LogP contribution in [-0.2, 0) is 16.0 Å². The molecule has 0 aromatic heterocycles. The molecule has 3 aromatic rings. The number of ether oxygens (including phenoxy) is 1. The van der Waals surface area contributed by atoms with E-state index >= 15 is 0 Å². The summed E-state index contributed by atoms with van der Waals surface area (Å²) in [6, 6.07) is 18.7. The van der Waals surface area contributed by atoms with Gasteiger partial charge in [0.05, 0.1) is 17.7 Å². The van der Waals surface area contributed by atoms with Gasteiger partial charge in [-0.15, -0.1) is 0 Å². The third kappa shape index (κ3) is 5.38. The SMILES string of the molecule is CC(C)Oc1ccc(/C(O)=C2/C(=O)C(=O)N(CCc3ccc(F)cc3)C2c2ccc(Cl)cc2)cc1. The van der Waals surface area contributed by atoms with Gasteiger partial charge >= 0.3 is 0 Å². The van der Waals surface area contributed by atoms with Gasteiger partial charge < -0.3 is 14.7 Å². The Morgan fingerprint density at radius 1 is 1.00 bits per heavy atom. The number of rotatable bonds is 7. The quantitative estimate of drug-likeness (QED) is 0.251. The Kier molecular flexibility index (Phi) is 7.22. The molecule has 1 saturated heterocycles. The van der Waals surface area contributed by atoms with Crippen LogP contribution in [0.4, 0.5) is 4.39 Å². The molecule has 0 bridgehead atoms. The van der Waals surface area contributed by atoms with E-state index in [2.05, 4.69) is 0 Å². The van der Waals surface area contributed by atoms with Crippen LogP contribution in [0.15, 0.2) is 78.4 Å². The van der Waals surface area contributed by atoms with E-state index in [1.807, 2.05) is 13.8 Å². The second-order valence-corrected chi connectivity index (χ2v) is 9.05. The van der Waals surface area contributed by atoms with Gasteiger partial charge in [-0.1, -0.05) is 35.9 Å². The minimum Gasteiger partial charge on any atom is -0.507 e. The largest absolute Gasteiger partial charge is 0.507 e. The minimum atomic E-state index is -0.792. The third-order valence-electron chi connectivity index (χ3n) is 5.78. The Morgan fingerprint density at radius 3 is 2.23 bits per heavy atom. The van der Waals surface area contributed by atoms with Crippen LogP contribution in [0.5, 0.6) is 5.75 Å². The summed E-state index contributed by atoms with van der Waals surface area (Å²) in [6.07, 6.45) is 0.407. The second-order valence-electron chi connectivity index (χ2n) is 8.61. The van der Waals surface area contributed by atoms with Crippen molar-refractivity contribution >= 4 is 29.1 Å². The van der Waals surface area contributed by atoms with Crippen LogP contribution >= 0.6 is 11.6 Å². The first-order valence-electron chi connectivity index (χ1n) is 11.3. The fourth-order valence-corrected chi connectivity index (χ4v) is 4.25. The van der Waals surface area contributed by atoms with Crippen molar-refractivity contribution in [3.8, 4) is 5.75 Å². The van der Waals surface area contributed by atoms with Crippen molar-refractivity contribution in [3.63, 3.8) is 0 Å². The lowest BCUT2D eigenvalue weighted by molar-refractivity contribution is -0.139. The number of nitrogens with zero attached hydrogens (tertiary/aromatic N) is 1. The lowest BCUT2D eigenvalue weighted by atomic mass is 9.95. The molecule has 0 radical (unpaired) electrons. The highest BCUT2D eigenvalue weighted by Gasteiger charge is 2.45. The highest BCUT2D eigenvalue weighted by atomic mass is 35.5. The maximum Gasteiger partial charge on any atom is 0.295 e. The average Bonchev–Trinajstić information content (AvgIpc) is 3.09. The average molecular weight is 494 g/mol. The third-order valence-corrected chi connectivity index (χ3v) is 6.03. The van der Waals surface area contributed by atoms with Crippen LogP contribution in [0.25, 0.3) is 5.76 Å². The Hall–Kier alpha value is -3.64. The summed E-state index contributed by atoms with van der Waals surface area (Å²) in [4.78, 5) is 27.7. The Bertz CT molecular complexity index is 1250. The normalized spacial score (nSPS) is 17.3. The smallest absolute Gasteiger partial charge is 0.295 e. The molecule has 1 fully saturated rings. The Labute approximate surface area is 208 Å². The van der Waals surface area contributed by atoms with Crippen LogP contribution in [0.1, 0.15) is 36.6 Å². The summed E-state index contributed by atoms with van der Waals surface area (Å²) in [5.41, 5.74) is 1.88. The van der Waals surface area contributed by atoms with E-state index in [4.69, 9.17) is 16.3 Å². The van der Waals surface area contributed by atoms with Gasteiger partial charge in [0.15, 0.2) is 0 Å². The minimum absolute atomic E-state index is 0.00829. The van der Waals surface area contributed by atoms with Gasteiger partial charge in [0, 0.05) is 17.1 Å². The van der Waals surface area contributed by atoms with Crippen LogP contribution in [-0.4, -0.2) is 34.3 Å². The number of halogens is 2. The zero-order chi connectivity index (χ0) is 25.1. The molecule has 1 unspecified atom stereocenters. The fourth-order valence-electron chi connectivity index (χ4n) is 4.12. The number of aliphatic hydroxyl groups is 1. The van der Waals surface area contributed by atoms with E-state index in [1.165, 1.54) is 17.0 Å². The number of benzene rings is 3. The molecule has 7 heteroatoms. The molecule has 0 spiro atoms. The van der Waals surface area contributed by atoms with Gasteiger partial charge in [0.2, 0.25) is 0 Å². The first-order chi connectivity index (χ1) is 16.7. The molecule has 5 nitrogen and oxygen atoms in total. The molecule has 1 aliphatic rings. The summed E-state index contributed by atoms with van der Waals surface area (Å²) in [5.74, 6) is -1.44. The number of Topliss-reactive ketones (excluding diaryl/α,β-unsaturated/α-hetero) is 1. The number of likely N-dealkylation sites (tertiary alicyclic amines) is 1. The topological polar surface area (TPSA) is 66.8 Å². The van der Waals surface area contributed by atoms with Crippen molar-refractivity contribution in [2.75, 3.05) is 6.54 Å². The lowest BCUT2D eigenvalue weighted by Crippen LogP contribution is -2.31. The summed E-state index contributed by atoms with van der Waals surface area (Å²) in [5, 5.41) is 11.7. The molecule has 1 atom stereocenters. The molecule has 3 aromatic carbocycles. The molecule has 4 rings (SSSR count). The molecule has 1 heterocycles. The summed E-state index contributed by atoms with van der Waals surface area (Å²) in [7, 11) is 0. The maximum atomic E-state index is 13.3. The Morgan fingerprint density at radius 2 is 1.63 bits per heavy atom. The van der Waals surface area contributed by atoms with Crippen LogP contribution < -0.4 is 4.74 Å². The highest BCUT2D eigenvalue weighted by molar-refractivity contribution is 6.46. The lowest BCUT2D eigenvalue weighted by Gasteiger charge is -2.25. The van der Waals surface area contributed by atoms with Crippen molar-refractivity contribution < 1.29 is 23.8 Å². The van der Waals surface area contributed by atoms with Crippen molar-refractivity contribution in [3.05, 3.63) is 106 Å². The van der Waals surface area contributed by atoms with E-state index in [0.717, 1.165) is 5.56 Å². The zero-order valence-electron chi connectivity index (χ0n) is 19.4. The van der Waals surface area contributed by atoms with E-state index in [9.17, 15) is 19.1 Å². The van der Waals surface area contributed by atoms with Gasteiger partial charge in [0.25, 0.3) is 11.7 Å². The number of carbonyl (C=O) groups is 2. The van der Waals surface area contributed by atoms with Crippen molar-refractivity contribution in [1.29, 1.82) is 0 Å². The van der Waals surface area contributed by atoms with E-state index in [0.29, 0.717) is 28.3 Å². The summed E-state index contributed by atoms with van der Waals surface area (Å²) in [6.45, 7) is 4.03. The summed E-state index contributed by atoms with van der Waals surface area (Å²) >= 11 is 6.06. The first-order valence-corrected chi connectivity index (χ1v) is 11.7. The molecule has 1 aliphatic heterocycles. The summed E-state index contributed by atoms with van der Waals surface area (Å²) < 4.78 is 18.9. The molecule has 1 N–H and O–H groups in total. The van der Waals surface area contributed by atoms with Gasteiger partial charge in [-0.2, -0.15) is 0 Å². The monoisotopic (exact) mass is 493 g/mol. The number of carbonyl (C=O) groups excluding carboxylic acids is 2. The van der Waals surface area contributed by atoms with Gasteiger partial charge in [-0.05, 0) is 79.9 Å². The second kappa shape index (κ2) is 10.3. The molecule has 1 amide bonds.